The number of nitrogens with zero attached hydrogens (tertiary/aromatic N) is 1. The Balaban J connectivity index is 2.29. The molecular formula is C14H19FN2O2. The molecule has 0 bridgehead atoms. The van der Waals surface area contributed by atoms with Crippen LogP contribution in [0.15, 0.2) is 12.1 Å². The lowest BCUT2D eigenvalue weighted by molar-refractivity contribution is -0.123. The Morgan fingerprint density at radius 3 is 2.84 bits per heavy atom. The van der Waals surface area contributed by atoms with E-state index in [2.05, 4.69) is 19.2 Å². The van der Waals surface area contributed by atoms with E-state index >= 15 is 0 Å². The first-order valence-corrected chi connectivity index (χ1v) is 6.47. The molecule has 0 saturated heterocycles. The quantitative estimate of drug-likeness (QED) is 0.879. The molecular weight excluding hydrogens is 247 g/mol. The molecule has 0 radical (unpaired) electrons. The van der Waals surface area contributed by atoms with Gasteiger partial charge in [0.25, 0.3) is 5.91 Å². The summed E-state index contributed by atoms with van der Waals surface area (Å²) in [5.74, 6) is -0.464. The number of rotatable bonds is 4. The molecule has 0 fully saturated rings. The van der Waals surface area contributed by atoms with Crippen molar-refractivity contribution < 1.29 is 14.3 Å². The molecule has 1 aromatic rings. The van der Waals surface area contributed by atoms with E-state index in [9.17, 15) is 14.3 Å². The molecule has 1 amide bonds. The molecule has 2 N–H and O–H groups in total. The zero-order valence-electron chi connectivity index (χ0n) is 11.4. The first kappa shape index (κ1) is 13.8. The van der Waals surface area contributed by atoms with Gasteiger partial charge in [0.15, 0.2) is 6.10 Å². The number of carbonyl (C=O) groups is 1. The molecule has 1 aliphatic heterocycles. The molecule has 2 unspecified atom stereocenters. The number of nitrogens with one attached hydrogen (secondary N) is 1. The average molecular weight is 266 g/mol. The van der Waals surface area contributed by atoms with E-state index in [-0.39, 0.29) is 0 Å². The van der Waals surface area contributed by atoms with Gasteiger partial charge in [-0.2, -0.15) is 0 Å². The highest BCUT2D eigenvalue weighted by Crippen LogP contribution is 2.35. The van der Waals surface area contributed by atoms with Gasteiger partial charge >= 0.3 is 0 Å². The van der Waals surface area contributed by atoms with Crippen LogP contribution in [-0.2, 0) is 4.79 Å². The smallest absolute Gasteiger partial charge is 0.257 e. The summed E-state index contributed by atoms with van der Waals surface area (Å²) in [4.78, 5) is 13.2. The van der Waals surface area contributed by atoms with Crippen LogP contribution >= 0.6 is 0 Å². The summed E-state index contributed by atoms with van der Waals surface area (Å²) in [7, 11) is 1.82. The van der Waals surface area contributed by atoms with E-state index in [0.717, 1.165) is 13.0 Å². The fourth-order valence-corrected chi connectivity index (χ4v) is 2.24. The highest BCUT2D eigenvalue weighted by molar-refractivity contribution is 6.02. The Labute approximate surface area is 112 Å². The van der Waals surface area contributed by atoms with Crippen LogP contribution in [-0.4, -0.2) is 24.6 Å². The first-order chi connectivity index (χ1) is 8.93. The number of hydrogen-bond donors (Lipinski definition) is 2. The van der Waals surface area contributed by atoms with Gasteiger partial charge in [-0.25, -0.2) is 4.39 Å². The molecule has 0 aromatic heterocycles. The highest BCUT2D eigenvalue weighted by Gasteiger charge is 2.30. The Bertz CT molecular complexity index is 504. The van der Waals surface area contributed by atoms with Crippen molar-refractivity contribution in [2.45, 2.75) is 26.4 Å². The Morgan fingerprint density at radius 2 is 2.21 bits per heavy atom. The van der Waals surface area contributed by atoms with Crippen molar-refractivity contribution in [2.75, 3.05) is 23.8 Å². The van der Waals surface area contributed by atoms with Crippen molar-refractivity contribution in [1.29, 1.82) is 0 Å². The Kier molecular flexibility index (Phi) is 3.75. The van der Waals surface area contributed by atoms with Crippen LogP contribution in [0.2, 0.25) is 0 Å². The molecule has 0 aliphatic carbocycles. The van der Waals surface area contributed by atoms with Gasteiger partial charge in [0.1, 0.15) is 5.82 Å². The largest absolute Gasteiger partial charge is 0.378 e. The average Bonchev–Trinajstić information content (AvgIpc) is 2.64. The van der Waals surface area contributed by atoms with Crippen molar-refractivity contribution in [3.63, 3.8) is 0 Å². The van der Waals surface area contributed by atoms with Gasteiger partial charge in [-0.1, -0.05) is 20.3 Å². The maximum atomic E-state index is 14.1. The van der Waals surface area contributed by atoms with Crippen LogP contribution in [0.25, 0.3) is 0 Å². The van der Waals surface area contributed by atoms with Crippen LogP contribution in [0.1, 0.15) is 31.9 Å². The lowest BCUT2D eigenvalue weighted by atomic mass is 10.1. The van der Waals surface area contributed by atoms with Gasteiger partial charge in [0.05, 0.1) is 5.69 Å². The zero-order chi connectivity index (χ0) is 14.2. The standard InChI is InChI=1S/C14H19FN2O2/c1-4-8(2)7-17(3)12-6-11-9(5-10(12)15)13(18)14(19)16-11/h5-6,8,13,18H,4,7H2,1-3H3,(H,16,19). The fourth-order valence-electron chi connectivity index (χ4n) is 2.24. The molecule has 2 rings (SSSR count). The van der Waals surface area contributed by atoms with Crippen molar-refractivity contribution in [2.24, 2.45) is 5.92 Å². The molecule has 19 heavy (non-hydrogen) atoms. The Morgan fingerprint density at radius 1 is 1.53 bits per heavy atom. The third-order valence-electron chi connectivity index (χ3n) is 3.61. The first-order valence-electron chi connectivity index (χ1n) is 6.47. The van der Waals surface area contributed by atoms with Gasteiger partial charge in [-0.3, -0.25) is 4.79 Å². The molecule has 104 valence electrons. The number of aliphatic hydroxyl groups excluding tert-OH is 1. The number of benzene rings is 1. The second kappa shape index (κ2) is 5.17. The number of aliphatic hydroxyl groups is 1. The summed E-state index contributed by atoms with van der Waals surface area (Å²) < 4.78 is 14.1. The van der Waals surface area contributed by atoms with Gasteiger partial charge in [-0.15, -0.1) is 0 Å². The summed E-state index contributed by atoms with van der Waals surface area (Å²) in [5, 5.41) is 12.1. The summed E-state index contributed by atoms with van der Waals surface area (Å²) in [6.45, 7) is 4.93. The van der Waals surface area contributed by atoms with Crippen molar-refractivity contribution in [3.8, 4) is 0 Å². The molecule has 2 atom stereocenters. The normalized spacial score (nSPS) is 19.0. The van der Waals surface area contributed by atoms with Crippen LogP contribution in [0.3, 0.4) is 0 Å². The van der Waals surface area contributed by atoms with E-state index in [4.69, 9.17) is 0 Å². The molecule has 1 aromatic carbocycles. The second-order valence-electron chi connectivity index (χ2n) is 5.18. The monoisotopic (exact) mass is 266 g/mol. The van der Waals surface area contributed by atoms with Gasteiger partial charge in [0, 0.05) is 24.8 Å². The summed E-state index contributed by atoms with van der Waals surface area (Å²) in [6, 6.07) is 2.82. The molecule has 5 heteroatoms. The number of amides is 1. The third kappa shape index (κ3) is 2.56. The van der Waals surface area contributed by atoms with Crippen molar-refractivity contribution >= 4 is 17.3 Å². The molecule has 0 saturated carbocycles. The topological polar surface area (TPSA) is 52.6 Å². The predicted molar refractivity (Wildman–Crippen MR) is 72.7 cm³/mol. The summed E-state index contributed by atoms with van der Waals surface area (Å²) >= 11 is 0. The van der Waals surface area contributed by atoms with Crippen LogP contribution in [0.5, 0.6) is 0 Å². The minimum atomic E-state index is -1.27. The van der Waals surface area contributed by atoms with Gasteiger partial charge in [0.2, 0.25) is 0 Å². The lowest BCUT2D eigenvalue weighted by Crippen LogP contribution is -2.24. The second-order valence-corrected chi connectivity index (χ2v) is 5.18. The maximum absolute atomic E-state index is 14.1. The van der Waals surface area contributed by atoms with E-state index < -0.39 is 17.8 Å². The summed E-state index contributed by atoms with van der Waals surface area (Å²) in [5.41, 5.74) is 1.24. The van der Waals surface area contributed by atoms with E-state index in [1.54, 1.807) is 6.07 Å². The number of fused-ring (bicyclic) bond motifs is 1. The number of hydrogen-bond acceptors (Lipinski definition) is 3. The van der Waals surface area contributed by atoms with Crippen LogP contribution in [0, 0.1) is 11.7 Å². The zero-order valence-corrected chi connectivity index (χ0v) is 11.4. The maximum Gasteiger partial charge on any atom is 0.257 e. The molecule has 1 aliphatic rings. The molecule has 1 heterocycles. The van der Waals surface area contributed by atoms with Crippen LogP contribution < -0.4 is 10.2 Å². The van der Waals surface area contributed by atoms with Crippen molar-refractivity contribution in [3.05, 3.63) is 23.5 Å². The predicted octanol–water partition coefficient (Wildman–Crippen LogP) is 2.29. The minimum Gasteiger partial charge on any atom is -0.378 e. The summed E-state index contributed by atoms with van der Waals surface area (Å²) in [6.07, 6.45) is -0.245. The molecule has 4 nitrogen and oxygen atoms in total. The number of anilines is 2. The van der Waals surface area contributed by atoms with Crippen molar-refractivity contribution in [1.82, 2.24) is 0 Å². The van der Waals surface area contributed by atoms with E-state index in [0.29, 0.717) is 22.9 Å². The third-order valence-corrected chi connectivity index (χ3v) is 3.61. The van der Waals surface area contributed by atoms with Crippen LogP contribution in [0.4, 0.5) is 15.8 Å². The number of halogens is 1. The van der Waals surface area contributed by atoms with E-state index in [1.165, 1.54) is 6.07 Å². The molecule has 0 spiro atoms. The fraction of sp³-hybridized carbons (Fsp3) is 0.500. The Hall–Kier alpha value is -1.62. The highest BCUT2D eigenvalue weighted by atomic mass is 19.1. The van der Waals surface area contributed by atoms with E-state index in [1.807, 2.05) is 11.9 Å². The van der Waals surface area contributed by atoms with Gasteiger partial charge < -0.3 is 15.3 Å². The minimum absolute atomic E-state index is 0.309. The lowest BCUT2D eigenvalue weighted by Gasteiger charge is -2.24. The SMILES string of the molecule is CCC(C)CN(C)c1cc2c(cc1F)C(O)C(=O)N2. The number of carbonyl (C=O) groups excluding carboxylic acids is 1. The van der Waals surface area contributed by atoms with Gasteiger partial charge in [-0.05, 0) is 18.1 Å².